The van der Waals surface area contributed by atoms with Crippen LogP contribution in [0.3, 0.4) is 0 Å². The third-order valence-corrected chi connectivity index (χ3v) is 3.20. The van der Waals surface area contributed by atoms with Gasteiger partial charge in [-0.1, -0.05) is 0 Å². The van der Waals surface area contributed by atoms with E-state index >= 15 is 0 Å². The van der Waals surface area contributed by atoms with Gasteiger partial charge in [0.25, 0.3) is 0 Å². The first-order chi connectivity index (χ1) is 9.26. The second kappa shape index (κ2) is 4.69. The average Bonchev–Trinajstić information content (AvgIpc) is 2.88. The first kappa shape index (κ1) is 11.7. The lowest BCUT2D eigenvalue weighted by atomic mass is 10.3. The topological polar surface area (TPSA) is 65.7 Å². The summed E-state index contributed by atoms with van der Waals surface area (Å²) in [5.41, 5.74) is -0.408. The fourth-order valence-corrected chi connectivity index (χ4v) is 2.22. The first-order valence-corrected chi connectivity index (χ1v) is 6.30. The van der Waals surface area contributed by atoms with E-state index in [4.69, 9.17) is 9.47 Å². The quantitative estimate of drug-likeness (QED) is 0.731. The van der Waals surface area contributed by atoms with Crippen molar-refractivity contribution >= 4 is 16.3 Å². The van der Waals surface area contributed by atoms with Crippen LogP contribution in [0.15, 0.2) is 40.6 Å². The van der Waals surface area contributed by atoms with Gasteiger partial charge in [0.2, 0.25) is 4.96 Å². The number of hydrogen-bond donors (Lipinski definition) is 0. The SMILES string of the molecule is COc1ccc(Oc2nc(=O)n3ccsc3n2)cc1. The molecular formula is C12H9N3O3S. The molecule has 0 aliphatic rings. The zero-order valence-electron chi connectivity index (χ0n) is 9.94. The number of methoxy groups -OCH3 is 1. The van der Waals surface area contributed by atoms with Gasteiger partial charge in [-0.3, -0.25) is 0 Å². The summed E-state index contributed by atoms with van der Waals surface area (Å²) in [6, 6.07) is 6.99. The molecule has 2 heterocycles. The van der Waals surface area contributed by atoms with Gasteiger partial charge in [0.15, 0.2) is 0 Å². The average molecular weight is 275 g/mol. The number of fused-ring (bicyclic) bond motifs is 1. The number of rotatable bonds is 3. The van der Waals surface area contributed by atoms with Gasteiger partial charge in [-0.2, -0.15) is 4.98 Å². The molecule has 3 aromatic rings. The molecule has 0 fully saturated rings. The van der Waals surface area contributed by atoms with Crippen LogP contribution in [-0.4, -0.2) is 21.5 Å². The highest BCUT2D eigenvalue weighted by atomic mass is 32.1. The van der Waals surface area contributed by atoms with Crippen molar-refractivity contribution in [1.29, 1.82) is 0 Å². The molecule has 0 aliphatic carbocycles. The lowest BCUT2D eigenvalue weighted by Gasteiger charge is -2.04. The Balaban J connectivity index is 1.93. The van der Waals surface area contributed by atoms with Crippen LogP contribution < -0.4 is 15.2 Å². The number of benzene rings is 1. The Bertz CT molecular complexity index is 764. The lowest BCUT2D eigenvalue weighted by molar-refractivity contribution is 0.410. The van der Waals surface area contributed by atoms with Gasteiger partial charge in [-0.25, -0.2) is 9.20 Å². The minimum atomic E-state index is -0.408. The Morgan fingerprint density at radius 1 is 1.16 bits per heavy atom. The number of hydrogen-bond acceptors (Lipinski definition) is 6. The summed E-state index contributed by atoms with van der Waals surface area (Å²) in [5, 5.41) is 1.77. The summed E-state index contributed by atoms with van der Waals surface area (Å²) >= 11 is 1.34. The normalized spacial score (nSPS) is 10.6. The minimum absolute atomic E-state index is 0.0395. The van der Waals surface area contributed by atoms with E-state index in [0.29, 0.717) is 10.7 Å². The monoisotopic (exact) mass is 275 g/mol. The maximum Gasteiger partial charge on any atom is 0.358 e. The smallest absolute Gasteiger partial charge is 0.358 e. The third-order valence-electron chi connectivity index (χ3n) is 2.45. The highest BCUT2D eigenvalue weighted by Gasteiger charge is 2.06. The van der Waals surface area contributed by atoms with E-state index in [1.165, 1.54) is 15.7 Å². The molecule has 0 atom stereocenters. The first-order valence-electron chi connectivity index (χ1n) is 5.42. The third kappa shape index (κ3) is 2.27. The van der Waals surface area contributed by atoms with Crippen LogP contribution >= 0.6 is 11.3 Å². The molecule has 6 nitrogen and oxygen atoms in total. The van der Waals surface area contributed by atoms with Crippen molar-refractivity contribution in [2.75, 3.05) is 7.11 Å². The van der Waals surface area contributed by atoms with Gasteiger partial charge in [0, 0.05) is 11.6 Å². The van der Waals surface area contributed by atoms with Crippen LogP contribution in [0.2, 0.25) is 0 Å². The molecule has 7 heteroatoms. The second-order valence-electron chi connectivity index (χ2n) is 3.62. The van der Waals surface area contributed by atoms with Crippen LogP contribution in [0.5, 0.6) is 17.5 Å². The van der Waals surface area contributed by atoms with Gasteiger partial charge in [-0.15, -0.1) is 16.3 Å². The van der Waals surface area contributed by atoms with E-state index in [-0.39, 0.29) is 6.01 Å². The standard InChI is InChI=1S/C12H9N3O3S/c1-17-8-2-4-9(5-3-8)18-10-13-11(16)15-6-7-19-12(15)14-10/h2-7H,1H3. The van der Waals surface area contributed by atoms with Crippen molar-refractivity contribution < 1.29 is 9.47 Å². The van der Waals surface area contributed by atoms with E-state index < -0.39 is 5.69 Å². The Kier molecular flexibility index (Phi) is 2.88. The van der Waals surface area contributed by atoms with Crippen LogP contribution in [-0.2, 0) is 0 Å². The zero-order chi connectivity index (χ0) is 13.2. The number of ether oxygens (including phenoxy) is 2. The van der Waals surface area contributed by atoms with Gasteiger partial charge in [-0.05, 0) is 24.3 Å². The predicted molar refractivity (Wildman–Crippen MR) is 70.2 cm³/mol. The van der Waals surface area contributed by atoms with Gasteiger partial charge in [0.1, 0.15) is 11.5 Å². The molecule has 0 unspecified atom stereocenters. The highest BCUT2D eigenvalue weighted by Crippen LogP contribution is 2.21. The molecule has 0 bridgehead atoms. The molecule has 0 saturated carbocycles. The molecule has 1 aromatic carbocycles. The zero-order valence-corrected chi connectivity index (χ0v) is 10.8. The number of thiazole rings is 1. The van der Waals surface area contributed by atoms with Crippen LogP contribution in [0.4, 0.5) is 0 Å². The van der Waals surface area contributed by atoms with Crippen molar-refractivity contribution in [3.63, 3.8) is 0 Å². The highest BCUT2D eigenvalue weighted by molar-refractivity contribution is 7.15. The van der Waals surface area contributed by atoms with Crippen LogP contribution in [0.25, 0.3) is 4.96 Å². The summed E-state index contributed by atoms with van der Waals surface area (Å²) in [6.07, 6.45) is 1.62. The van der Waals surface area contributed by atoms with Crippen LogP contribution in [0.1, 0.15) is 0 Å². The molecule has 0 radical (unpaired) electrons. The van der Waals surface area contributed by atoms with Crippen molar-refractivity contribution in [3.05, 3.63) is 46.3 Å². The molecule has 0 aliphatic heterocycles. The Morgan fingerprint density at radius 3 is 2.63 bits per heavy atom. The second-order valence-corrected chi connectivity index (χ2v) is 4.49. The molecule has 0 spiro atoms. The number of nitrogens with zero attached hydrogens (tertiary/aromatic N) is 3. The molecule has 0 saturated heterocycles. The van der Waals surface area contributed by atoms with Crippen molar-refractivity contribution in [1.82, 2.24) is 14.4 Å². The predicted octanol–water partition coefficient (Wildman–Crippen LogP) is 1.95. The summed E-state index contributed by atoms with van der Waals surface area (Å²) in [6.45, 7) is 0. The van der Waals surface area contributed by atoms with E-state index in [2.05, 4.69) is 9.97 Å². The fraction of sp³-hybridized carbons (Fsp3) is 0.0833. The lowest BCUT2D eigenvalue weighted by Crippen LogP contribution is -2.16. The molecule has 96 valence electrons. The van der Waals surface area contributed by atoms with Crippen molar-refractivity contribution in [2.45, 2.75) is 0 Å². The molecule has 2 aromatic heterocycles. The van der Waals surface area contributed by atoms with E-state index in [0.717, 1.165) is 5.75 Å². The minimum Gasteiger partial charge on any atom is -0.497 e. The molecule has 0 N–H and O–H groups in total. The van der Waals surface area contributed by atoms with Crippen molar-refractivity contribution in [2.24, 2.45) is 0 Å². The van der Waals surface area contributed by atoms with Crippen molar-refractivity contribution in [3.8, 4) is 17.5 Å². The number of aromatic nitrogens is 3. The van der Waals surface area contributed by atoms with Crippen LogP contribution in [0, 0.1) is 0 Å². The Labute approximate surface area is 111 Å². The maximum atomic E-state index is 11.7. The van der Waals surface area contributed by atoms with E-state index in [1.807, 2.05) is 0 Å². The molecular weight excluding hydrogens is 266 g/mol. The van der Waals surface area contributed by atoms with E-state index in [9.17, 15) is 4.79 Å². The van der Waals surface area contributed by atoms with E-state index in [1.54, 1.807) is 43.0 Å². The van der Waals surface area contributed by atoms with Gasteiger partial charge >= 0.3 is 11.7 Å². The fourth-order valence-electron chi connectivity index (χ4n) is 1.54. The largest absolute Gasteiger partial charge is 0.497 e. The molecule has 19 heavy (non-hydrogen) atoms. The summed E-state index contributed by atoms with van der Waals surface area (Å²) in [7, 11) is 1.59. The molecule has 3 rings (SSSR count). The Hall–Kier alpha value is -2.41. The maximum absolute atomic E-state index is 11.7. The summed E-state index contributed by atoms with van der Waals surface area (Å²) in [4.78, 5) is 20.1. The summed E-state index contributed by atoms with van der Waals surface area (Å²) in [5.74, 6) is 1.27. The van der Waals surface area contributed by atoms with Gasteiger partial charge < -0.3 is 9.47 Å². The molecule has 0 amide bonds. The summed E-state index contributed by atoms with van der Waals surface area (Å²) < 4.78 is 11.9. The van der Waals surface area contributed by atoms with Gasteiger partial charge in [0.05, 0.1) is 7.11 Å². The Morgan fingerprint density at radius 2 is 1.89 bits per heavy atom.